The van der Waals surface area contributed by atoms with E-state index in [9.17, 15) is 4.39 Å². The number of nitrogens with zero attached hydrogens (tertiary/aromatic N) is 4. The molecule has 3 heterocycles. The molecular weight excluding hydrogens is 433 g/mol. The average molecular weight is 462 g/mol. The van der Waals surface area contributed by atoms with Crippen molar-refractivity contribution < 1.29 is 4.39 Å². The summed E-state index contributed by atoms with van der Waals surface area (Å²) in [6, 6.07) is 15.4. The molecule has 0 radical (unpaired) electrons. The molecule has 1 saturated heterocycles. The van der Waals surface area contributed by atoms with E-state index < -0.39 is 0 Å². The lowest BCUT2D eigenvalue weighted by Gasteiger charge is -2.35. The molecule has 1 aliphatic heterocycles. The monoisotopic (exact) mass is 461 g/mol. The van der Waals surface area contributed by atoms with Gasteiger partial charge in [-0.15, -0.1) is 11.3 Å². The molecule has 0 aliphatic carbocycles. The van der Waals surface area contributed by atoms with Gasteiger partial charge in [0, 0.05) is 37.6 Å². The summed E-state index contributed by atoms with van der Waals surface area (Å²) < 4.78 is 14.5. The fourth-order valence-electron chi connectivity index (χ4n) is 4.35. The predicted molar refractivity (Wildman–Crippen MR) is 135 cm³/mol. The summed E-state index contributed by atoms with van der Waals surface area (Å²) >= 11 is 1.65. The predicted octanol–water partition coefficient (Wildman–Crippen LogP) is 5.50. The van der Waals surface area contributed by atoms with Gasteiger partial charge < -0.3 is 15.1 Å². The molecule has 33 heavy (non-hydrogen) atoms. The quantitative estimate of drug-likeness (QED) is 0.394. The number of likely N-dealkylation sites (N-methyl/N-ethyl adjacent to an activating group) is 1. The Morgan fingerprint density at radius 3 is 2.58 bits per heavy atom. The Morgan fingerprint density at radius 1 is 1.00 bits per heavy atom. The van der Waals surface area contributed by atoms with E-state index in [-0.39, 0.29) is 5.82 Å². The van der Waals surface area contributed by atoms with Crippen LogP contribution in [0, 0.1) is 5.82 Å². The minimum Gasteiger partial charge on any atom is -0.369 e. The van der Waals surface area contributed by atoms with Gasteiger partial charge >= 0.3 is 0 Å². The van der Waals surface area contributed by atoms with E-state index in [1.54, 1.807) is 29.8 Å². The summed E-state index contributed by atoms with van der Waals surface area (Å²) in [7, 11) is 0. The summed E-state index contributed by atoms with van der Waals surface area (Å²) in [4.78, 5) is 14.0. The second-order valence-electron chi connectivity index (χ2n) is 8.38. The van der Waals surface area contributed by atoms with E-state index in [4.69, 9.17) is 0 Å². The van der Waals surface area contributed by atoms with E-state index in [1.807, 2.05) is 6.07 Å². The highest BCUT2D eigenvalue weighted by Crippen LogP contribution is 2.32. The van der Waals surface area contributed by atoms with Crippen LogP contribution in [0.2, 0.25) is 0 Å². The first kappa shape index (κ1) is 21.8. The fourth-order valence-corrected chi connectivity index (χ4v) is 5.35. The van der Waals surface area contributed by atoms with Gasteiger partial charge in [0.15, 0.2) is 5.82 Å². The lowest BCUT2D eigenvalue weighted by atomic mass is 10.1. The number of aryl methyl sites for hydroxylation is 2. The Morgan fingerprint density at radius 2 is 1.82 bits per heavy atom. The van der Waals surface area contributed by atoms with Crippen molar-refractivity contribution in [2.45, 2.75) is 19.8 Å². The van der Waals surface area contributed by atoms with Crippen LogP contribution in [0.25, 0.3) is 10.2 Å². The maximum atomic E-state index is 13.5. The number of hydrogen-bond donors (Lipinski definition) is 1. The van der Waals surface area contributed by atoms with Crippen LogP contribution in [0.1, 0.15) is 18.1 Å². The molecule has 0 unspecified atom stereocenters. The first-order valence-corrected chi connectivity index (χ1v) is 12.4. The van der Waals surface area contributed by atoms with E-state index in [2.05, 4.69) is 61.7 Å². The molecule has 1 fully saturated rings. The third-order valence-electron chi connectivity index (χ3n) is 6.31. The number of benzene rings is 2. The molecule has 0 spiro atoms. The average Bonchev–Trinajstić information content (AvgIpc) is 3.27. The molecule has 2 aromatic carbocycles. The van der Waals surface area contributed by atoms with Crippen molar-refractivity contribution in [2.75, 3.05) is 42.9 Å². The SMILES string of the molecule is CCN1CCN(c2ccc(Nc3ncnc4c(CCc5cccc(F)c5)csc34)cc2)CC1. The minimum absolute atomic E-state index is 0.189. The van der Waals surface area contributed by atoms with Crippen LogP contribution in [-0.2, 0) is 12.8 Å². The second-order valence-corrected chi connectivity index (χ2v) is 9.26. The van der Waals surface area contributed by atoms with Gasteiger partial charge in [-0.2, -0.15) is 0 Å². The van der Waals surface area contributed by atoms with Crippen LogP contribution in [0.5, 0.6) is 0 Å². The Balaban J connectivity index is 1.27. The zero-order valence-corrected chi connectivity index (χ0v) is 19.6. The number of anilines is 3. The number of halogens is 1. The Hall–Kier alpha value is -3.03. The third kappa shape index (κ3) is 4.99. The smallest absolute Gasteiger partial charge is 0.151 e. The van der Waals surface area contributed by atoms with Crippen LogP contribution in [-0.4, -0.2) is 47.6 Å². The molecule has 170 valence electrons. The van der Waals surface area contributed by atoms with Gasteiger partial charge in [-0.1, -0.05) is 19.1 Å². The standard InChI is InChI=1S/C26H28FN5S/c1-2-31-12-14-32(15-13-31)23-10-8-22(9-11-23)30-26-25-24(28-18-29-26)20(17-33-25)7-6-19-4-3-5-21(27)16-19/h3-5,8-11,16-18H,2,6-7,12-15H2,1H3,(H,28,29,30). The number of thiophene rings is 1. The van der Waals surface area contributed by atoms with Crippen LogP contribution in [0.3, 0.4) is 0 Å². The largest absolute Gasteiger partial charge is 0.369 e. The molecule has 5 nitrogen and oxygen atoms in total. The molecule has 1 aliphatic rings. The van der Waals surface area contributed by atoms with Gasteiger partial charge in [0.1, 0.15) is 12.1 Å². The number of fused-ring (bicyclic) bond motifs is 1. The van der Waals surface area contributed by atoms with Crippen molar-refractivity contribution in [3.05, 3.63) is 77.2 Å². The zero-order valence-electron chi connectivity index (χ0n) is 18.8. The third-order valence-corrected chi connectivity index (χ3v) is 7.34. The number of aromatic nitrogens is 2. The zero-order chi connectivity index (χ0) is 22.6. The lowest BCUT2D eigenvalue weighted by Crippen LogP contribution is -2.46. The minimum atomic E-state index is -0.189. The molecule has 0 saturated carbocycles. The summed E-state index contributed by atoms with van der Waals surface area (Å²) in [5.41, 5.74) is 5.42. The molecular formula is C26H28FN5S. The van der Waals surface area contributed by atoms with Gasteiger partial charge in [0.2, 0.25) is 0 Å². The van der Waals surface area contributed by atoms with Gasteiger partial charge in [0.05, 0.1) is 10.2 Å². The van der Waals surface area contributed by atoms with Crippen LogP contribution in [0.15, 0.2) is 60.2 Å². The van der Waals surface area contributed by atoms with Crippen molar-refractivity contribution in [1.82, 2.24) is 14.9 Å². The van der Waals surface area contributed by atoms with E-state index in [0.29, 0.717) is 0 Å². The topological polar surface area (TPSA) is 44.3 Å². The highest BCUT2D eigenvalue weighted by molar-refractivity contribution is 7.18. The molecule has 2 aromatic heterocycles. The normalized spacial score (nSPS) is 14.7. The highest BCUT2D eigenvalue weighted by atomic mass is 32.1. The van der Waals surface area contributed by atoms with E-state index >= 15 is 0 Å². The Labute approximate surface area is 197 Å². The number of rotatable bonds is 7. The first-order chi connectivity index (χ1) is 16.2. The molecule has 0 atom stereocenters. The number of piperazine rings is 1. The van der Waals surface area contributed by atoms with Crippen LogP contribution >= 0.6 is 11.3 Å². The van der Waals surface area contributed by atoms with E-state index in [0.717, 1.165) is 72.9 Å². The highest BCUT2D eigenvalue weighted by Gasteiger charge is 2.16. The fraction of sp³-hybridized carbons (Fsp3) is 0.308. The van der Waals surface area contributed by atoms with Crippen LogP contribution < -0.4 is 10.2 Å². The lowest BCUT2D eigenvalue weighted by molar-refractivity contribution is 0.271. The number of nitrogens with one attached hydrogen (secondary N) is 1. The van der Waals surface area contributed by atoms with Crippen molar-refractivity contribution in [3.8, 4) is 0 Å². The molecule has 5 rings (SSSR count). The van der Waals surface area contributed by atoms with Crippen molar-refractivity contribution in [2.24, 2.45) is 0 Å². The molecule has 1 N–H and O–H groups in total. The van der Waals surface area contributed by atoms with Crippen molar-refractivity contribution >= 4 is 38.7 Å². The summed E-state index contributed by atoms with van der Waals surface area (Å²) in [5, 5.41) is 5.61. The maximum absolute atomic E-state index is 13.5. The second kappa shape index (κ2) is 9.85. The van der Waals surface area contributed by atoms with Crippen LogP contribution in [0.4, 0.5) is 21.6 Å². The van der Waals surface area contributed by atoms with Gasteiger partial charge in [-0.25, -0.2) is 14.4 Å². The maximum Gasteiger partial charge on any atom is 0.151 e. The Bertz CT molecular complexity index is 1220. The number of hydrogen-bond acceptors (Lipinski definition) is 6. The molecule has 0 amide bonds. The van der Waals surface area contributed by atoms with Gasteiger partial charge in [-0.3, -0.25) is 0 Å². The molecule has 4 aromatic rings. The summed E-state index contributed by atoms with van der Waals surface area (Å²) in [6.07, 6.45) is 3.22. The van der Waals surface area contributed by atoms with Crippen molar-refractivity contribution in [3.63, 3.8) is 0 Å². The molecule has 0 bridgehead atoms. The summed E-state index contributed by atoms with van der Waals surface area (Å²) in [6.45, 7) is 7.73. The molecule has 7 heteroatoms. The Kier molecular flexibility index (Phi) is 6.51. The van der Waals surface area contributed by atoms with Gasteiger partial charge in [0.25, 0.3) is 0 Å². The summed E-state index contributed by atoms with van der Waals surface area (Å²) in [5.74, 6) is 0.636. The van der Waals surface area contributed by atoms with Crippen molar-refractivity contribution in [1.29, 1.82) is 0 Å². The van der Waals surface area contributed by atoms with E-state index in [1.165, 1.54) is 17.3 Å². The van der Waals surface area contributed by atoms with Gasteiger partial charge in [-0.05, 0) is 72.3 Å². The first-order valence-electron chi connectivity index (χ1n) is 11.5.